The van der Waals surface area contributed by atoms with Crippen molar-refractivity contribution in [3.05, 3.63) is 80.6 Å². The lowest BCUT2D eigenvalue weighted by Gasteiger charge is -2.34. The maximum Gasteiger partial charge on any atom is 0.343 e. The zero-order valence-corrected chi connectivity index (χ0v) is 20.6. The summed E-state index contributed by atoms with van der Waals surface area (Å²) < 4.78 is 4.69. The zero-order valence-electron chi connectivity index (χ0n) is 19.8. The lowest BCUT2D eigenvalue weighted by Crippen LogP contribution is -2.47. The van der Waals surface area contributed by atoms with Crippen molar-refractivity contribution in [2.75, 3.05) is 46.9 Å². The highest BCUT2D eigenvalue weighted by molar-refractivity contribution is 6.31. The number of methoxy groups -OCH3 is 1. The summed E-state index contributed by atoms with van der Waals surface area (Å²) >= 11 is 6.31. The number of H-pyrrole nitrogens is 1. The minimum Gasteiger partial charge on any atom is -0.465 e. The van der Waals surface area contributed by atoms with Crippen LogP contribution in [0, 0.1) is 0 Å². The lowest BCUT2D eigenvalue weighted by molar-refractivity contribution is -0.123. The third-order valence-corrected chi connectivity index (χ3v) is 6.63. The summed E-state index contributed by atoms with van der Waals surface area (Å²) in [5, 5.41) is 4.05. The van der Waals surface area contributed by atoms with Gasteiger partial charge in [0.25, 0.3) is 5.56 Å². The molecule has 1 unspecified atom stereocenters. The van der Waals surface area contributed by atoms with Crippen LogP contribution in [-0.2, 0) is 16.1 Å². The number of pyridine rings is 1. The number of esters is 1. The number of nitrogens with zero attached hydrogens (tertiary/aromatic N) is 2. The number of carbonyl (C=O) groups is 2. The lowest BCUT2D eigenvalue weighted by atomic mass is 9.97. The Bertz CT molecular complexity index is 1270. The average molecular weight is 497 g/mol. The van der Waals surface area contributed by atoms with E-state index in [-0.39, 0.29) is 23.9 Å². The molecule has 1 aliphatic heterocycles. The van der Waals surface area contributed by atoms with Gasteiger partial charge in [-0.25, -0.2) is 4.79 Å². The molecule has 4 rings (SSSR count). The molecule has 184 valence electrons. The molecule has 0 aliphatic carbocycles. The quantitative estimate of drug-likeness (QED) is 0.488. The number of hydrogen-bond acceptors (Lipinski definition) is 6. The highest BCUT2D eigenvalue weighted by atomic mass is 35.5. The number of rotatable bonds is 7. The molecule has 1 saturated heterocycles. The molecule has 3 aromatic rings. The van der Waals surface area contributed by atoms with E-state index in [0.717, 1.165) is 31.7 Å². The number of ether oxygens (including phenoxy) is 1. The van der Waals surface area contributed by atoms with Crippen molar-refractivity contribution in [3.8, 4) is 0 Å². The molecule has 1 amide bonds. The van der Waals surface area contributed by atoms with Gasteiger partial charge < -0.3 is 19.9 Å². The molecule has 2 heterocycles. The van der Waals surface area contributed by atoms with Crippen molar-refractivity contribution < 1.29 is 14.3 Å². The van der Waals surface area contributed by atoms with Crippen molar-refractivity contribution in [1.29, 1.82) is 0 Å². The van der Waals surface area contributed by atoms with Crippen LogP contribution in [0.5, 0.6) is 0 Å². The Morgan fingerprint density at radius 3 is 2.51 bits per heavy atom. The summed E-state index contributed by atoms with van der Waals surface area (Å²) in [4.78, 5) is 45.1. The van der Waals surface area contributed by atoms with Crippen LogP contribution in [0.2, 0.25) is 5.02 Å². The zero-order chi connectivity index (χ0) is 24.9. The third kappa shape index (κ3) is 5.90. The van der Waals surface area contributed by atoms with Crippen LogP contribution >= 0.6 is 11.6 Å². The monoisotopic (exact) mass is 496 g/mol. The normalized spacial score (nSPS) is 15.6. The van der Waals surface area contributed by atoms with Crippen molar-refractivity contribution in [2.45, 2.75) is 12.5 Å². The van der Waals surface area contributed by atoms with Gasteiger partial charge in [-0.15, -0.1) is 0 Å². The first-order valence-electron chi connectivity index (χ1n) is 11.5. The average Bonchev–Trinajstić information content (AvgIpc) is 2.86. The number of likely N-dealkylation sites (N-methyl/N-ethyl adjacent to an activating group) is 1. The van der Waals surface area contributed by atoms with E-state index in [9.17, 15) is 14.4 Å². The molecule has 1 aliphatic rings. The smallest absolute Gasteiger partial charge is 0.343 e. The Labute approximate surface area is 208 Å². The van der Waals surface area contributed by atoms with Gasteiger partial charge in [-0.3, -0.25) is 14.5 Å². The van der Waals surface area contributed by atoms with Crippen LogP contribution in [-0.4, -0.2) is 73.5 Å². The molecule has 1 fully saturated rings. The maximum atomic E-state index is 13.4. The molecule has 0 saturated carbocycles. The molecule has 0 spiro atoms. The largest absolute Gasteiger partial charge is 0.465 e. The van der Waals surface area contributed by atoms with Gasteiger partial charge in [0, 0.05) is 49.7 Å². The van der Waals surface area contributed by atoms with Crippen molar-refractivity contribution in [1.82, 2.24) is 20.1 Å². The van der Waals surface area contributed by atoms with E-state index < -0.39 is 11.5 Å². The van der Waals surface area contributed by atoms with Crippen LogP contribution in [0.1, 0.15) is 27.4 Å². The Balaban J connectivity index is 1.57. The van der Waals surface area contributed by atoms with Crippen LogP contribution in [0.15, 0.2) is 53.3 Å². The highest BCUT2D eigenvalue weighted by Gasteiger charge is 2.25. The predicted molar refractivity (Wildman–Crippen MR) is 136 cm³/mol. The Morgan fingerprint density at radius 1 is 1.11 bits per heavy atom. The van der Waals surface area contributed by atoms with E-state index in [1.165, 1.54) is 13.2 Å². The number of fused-ring (bicyclic) bond motifs is 1. The second kappa shape index (κ2) is 11.0. The number of carbonyl (C=O) groups excluding carboxylic acids is 2. The molecular formula is C26H29ClN4O4. The van der Waals surface area contributed by atoms with E-state index in [1.807, 2.05) is 30.3 Å². The second-order valence-electron chi connectivity index (χ2n) is 8.82. The fourth-order valence-electron chi connectivity index (χ4n) is 4.37. The molecular weight excluding hydrogens is 468 g/mol. The first kappa shape index (κ1) is 24.9. The van der Waals surface area contributed by atoms with Crippen LogP contribution in [0.3, 0.4) is 0 Å². The molecule has 1 atom stereocenters. The third-order valence-electron chi connectivity index (χ3n) is 6.41. The first-order valence-corrected chi connectivity index (χ1v) is 11.9. The van der Waals surface area contributed by atoms with Crippen molar-refractivity contribution in [3.63, 3.8) is 0 Å². The van der Waals surface area contributed by atoms with E-state index in [2.05, 4.69) is 31.9 Å². The molecule has 8 nitrogen and oxygen atoms in total. The standard InChI is InChI=1S/C26H29ClN4O4/c1-30-8-10-31(11-9-30)16-22(17-6-4-3-5-7-17)24(32)28-15-19-13-20(27)12-18-14-21(26(34)35-2)25(33)29-23(18)19/h3-7,12-14,22H,8-11,15-16H2,1-2H3,(H,28,32)(H,29,33). The number of piperazine rings is 1. The second-order valence-corrected chi connectivity index (χ2v) is 9.25. The summed E-state index contributed by atoms with van der Waals surface area (Å²) in [6, 6.07) is 14.6. The number of halogens is 1. The van der Waals surface area contributed by atoms with Gasteiger partial charge in [-0.05, 0) is 36.4 Å². The molecule has 0 bridgehead atoms. The summed E-state index contributed by atoms with van der Waals surface area (Å²) in [5.74, 6) is -1.16. The fraction of sp³-hybridized carbons (Fsp3) is 0.346. The van der Waals surface area contributed by atoms with E-state index in [0.29, 0.717) is 28.0 Å². The molecule has 0 radical (unpaired) electrons. The summed E-state index contributed by atoms with van der Waals surface area (Å²) in [7, 11) is 3.32. The van der Waals surface area contributed by atoms with Crippen LogP contribution < -0.4 is 10.9 Å². The first-order chi connectivity index (χ1) is 16.9. The van der Waals surface area contributed by atoms with E-state index in [1.54, 1.807) is 12.1 Å². The Hall–Kier alpha value is -3.20. The number of aromatic amines is 1. The molecule has 2 N–H and O–H groups in total. The van der Waals surface area contributed by atoms with Gasteiger partial charge in [-0.1, -0.05) is 41.9 Å². The van der Waals surface area contributed by atoms with Crippen molar-refractivity contribution in [2.24, 2.45) is 0 Å². The minimum absolute atomic E-state index is 0.100. The maximum absolute atomic E-state index is 13.4. The Kier molecular flexibility index (Phi) is 7.85. The van der Waals surface area contributed by atoms with Gasteiger partial charge in [0.2, 0.25) is 5.91 Å². The minimum atomic E-state index is -0.724. The van der Waals surface area contributed by atoms with E-state index >= 15 is 0 Å². The molecule has 9 heteroatoms. The summed E-state index contributed by atoms with van der Waals surface area (Å²) in [5.41, 5.74) is 1.46. The number of nitrogens with one attached hydrogen (secondary N) is 2. The van der Waals surface area contributed by atoms with Gasteiger partial charge in [0.05, 0.1) is 18.5 Å². The van der Waals surface area contributed by atoms with Gasteiger partial charge in [0.1, 0.15) is 5.56 Å². The van der Waals surface area contributed by atoms with Gasteiger partial charge >= 0.3 is 5.97 Å². The van der Waals surface area contributed by atoms with E-state index in [4.69, 9.17) is 11.6 Å². The number of benzene rings is 2. The topological polar surface area (TPSA) is 94.7 Å². The van der Waals surface area contributed by atoms with Crippen LogP contribution in [0.4, 0.5) is 0 Å². The van der Waals surface area contributed by atoms with Crippen molar-refractivity contribution >= 4 is 34.4 Å². The Morgan fingerprint density at radius 2 is 1.83 bits per heavy atom. The highest BCUT2D eigenvalue weighted by Crippen LogP contribution is 2.24. The summed E-state index contributed by atoms with van der Waals surface area (Å²) in [6.07, 6.45) is 0. The molecule has 1 aromatic heterocycles. The predicted octanol–water partition coefficient (Wildman–Crippen LogP) is 2.62. The summed E-state index contributed by atoms with van der Waals surface area (Å²) in [6.45, 7) is 4.57. The molecule has 2 aromatic carbocycles. The number of aromatic nitrogens is 1. The molecule has 35 heavy (non-hydrogen) atoms. The van der Waals surface area contributed by atoms with Gasteiger partial charge in [0.15, 0.2) is 0 Å². The number of amides is 1. The van der Waals surface area contributed by atoms with Gasteiger partial charge in [-0.2, -0.15) is 0 Å². The van der Waals surface area contributed by atoms with Crippen LogP contribution in [0.25, 0.3) is 10.9 Å². The SMILES string of the molecule is COC(=O)c1cc2cc(Cl)cc(CNC(=O)C(CN3CCN(C)CC3)c3ccccc3)c2[nH]c1=O. The number of hydrogen-bond donors (Lipinski definition) is 2. The fourth-order valence-corrected chi connectivity index (χ4v) is 4.62.